The first kappa shape index (κ1) is 13.0. The number of hydrogen-bond acceptors (Lipinski definition) is 5. The minimum absolute atomic E-state index is 0.0206. The van der Waals surface area contributed by atoms with Crippen molar-refractivity contribution in [3.05, 3.63) is 17.5 Å². The number of amides is 1. The minimum atomic E-state index is -0.0206. The van der Waals surface area contributed by atoms with Crippen LogP contribution in [0.2, 0.25) is 0 Å². The van der Waals surface area contributed by atoms with E-state index < -0.39 is 0 Å². The molecule has 1 unspecified atom stereocenters. The summed E-state index contributed by atoms with van der Waals surface area (Å²) in [6, 6.07) is 1.84. The number of carbonyl (C=O) groups is 1. The summed E-state index contributed by atoms with van der Waals surface area (Å²) < 4.78 is 10.5. The molecule has 0 radical (unpaired) electrons. The van der Waals surface area contributed by atoms with Crippen molar-refractivity contribution in [2.45, 2.75) is 26.0 Å². The summed E-state index contributed by atoms with van der Waals surface area (Å²) >= 11 is 0. The van der Waals surface area contributed by atoms with E-state index in [1.165, 1.54) is 0 Å². The average molecular weight is 253 g/mol. The van der Waals surface area contributed by atoms with Crippen molar-refractivity contribution in [3.8, 4) is 0 Å². The molecule has 0 bridgehead atoms. The van der Waals surface area contributed by atoms with Crippen LogP contribution in [0.5, 0.6) is 0 Å². The van der Waals surface area contributed by atoms with Crippen molar-refractivity contribution in [2.24, 2.45) is 0 Å². The number of aromatic nitrogens is 1. The third kappa shape index (κ3) is 3.54. The van der Waals surface area contributed by atoms with E-state index in [1.54, 1.807) is 11.9 Å². The van der Waals surface area contributed by atoms with Gasteiger partial charge in [-0.05, 0) is 6.92 Å². The zero-order chi connectivity index (χ0) is 13.0. The number of carbonyl (C=O) groups excluding carboxylic acids is 1. The summed E-state index contributed by atoms with van der Waals surface area (Å²) in [5, 5.41) is 7.08. The molecule has 1 aromatic rings. The lowest BCUT2D eigenvalue weighted by Crippen LogP contribution is -2.41. The molecule has 1 aromatic heterocycles. The van der Waals surface area contributed by atoms with Gasteiger partial charge in [0.1, 0.15) is 11.5 Å². The molecule has 1 saturated heterocycles. The molecule has 6 nitrogen and oxygen atoms in total. The highest BCUT2D eigenvalue weighted by Crippen LogP contribution is 2.08. The molecule has 1 fully saturated rings. The number of nitrogens with zero attached hydrogens (tertiary/aromatic N) is 2. The van der Waals surface area contributed by atoms with Crippen LogP contribution < -0.4 is 5.32 Å². The highest BCUT2D eigenvalue weighted by atomic mass is 16.5. The molecule has 18 heavy (non-hydrogen) atoms. The van der Waals surface area contributed by atoms with Gasteiger partial charge in [-0.2, -0.15) is 0 Å². The Kier molecular flexibility index (Phi) is 4.33. The van der Waals surface area contributed by atoms with Gasteiger partial charge in [-0.25, -0.2) is 0 Å². The summed E-state index contributed by atoms with van der Waals surface area (Å²) in [6.45, 7) is 4.57. The molecule has 1 N–H and O–H groups in total. The molecular formula is C12H19N3O3. The second-order valence-corrected chi connectivity index (χ2v) is 4.58. The fourth-order valence-corrected chi connectivity index (χ4v) is 1.93. The summed E-state index contributed by atoms with van der Waals surface area (Å²) in [6.07, 6.45) is 0.383. The summed E-state index contributed by atoms with van der Waals surface area (Å²) in [5.74, 6) is 0.815. The quantitative estimate of drug-likeness (QED) is 0.837. The second kappa shape index (κ2) is 5.97. The fourth-order valence-electron chi connectivity index (χ4n) is 1.93. The van der Waals surface area contributed by atoms with Crippen LogP contribution in [0.1, 0.15) is 17.9 Å². The zero-order valence-corrected chi connectivity index (χ0v) is 10.8. The second-order valence-electron chi connectivity index (χ2n) is 4.58. The number of ether oxygens (including phenoxy) is 1. The van der Waals surface area contributed by atoms with Gasteiger partial charge in [-0.3, -0.25) is 4.79 Å². The molecule has 1 aliphatic heterocycles. The lowest BCUT2D eigenvalue weighted by Gasteiger charge is -2.25. The minimum Gasteiger partial charge on any atom is -0.375 e. The van der Waals surface area contributed by atoms with E-state index in [1.807, 2.05) is 13.0 Å². The van der Waals surface area contributed by atoms with Gasteiger partial charge in [0.25, 0.3) is 0 Å². The molecule has 0 saturated carbocycles. The maximum Gasteiger partial charge on any atom is 0.225 e. The van der Waals surface area contributed by atoms with Crippen molar-refractivity contribution in [2.75, 3.05) is 26.7 Å². The highest BCUT2D eigenvalue weighted by Gasteiger charge is 2.20. The average Bonchev–Trinajstić information content (AvgIpc) is 2.76. The Labute approximate surface area is 106 Å². The first-order valence-electron chi connectivity index (χ1n) is 6.13. The van der Waals surface area contributed by atoms with Crippen molar-refractivity contribution in [1.29, 1.82) is 0 Å². The Bertz CT molecular complexity index is 399. The predicted octanol–water partition coefficient (Wildman–Crippen LogP) is 0.320. The molecule has 0 spiro atoms. The Balaban J connectivity index is 1.80. The van der Waals surface area contributed by atoms with Gasteiger partial charge < -0.3 is 19.5 Å². The summed E-state index contributed by atoms with van der Waals surface area (Å²) in [7, 11) is 1.77. The van der Waals surface area contributed by atoms with Crippen molar-refractivity contribution in [1.82, 2.24) is 15.4 Å². The third-order valence-corrected chi connectivity index (χ3v) is 2.91. The van der Waals surface area contributed by atoms with Crippen LogP contribution in [0.15, 0.2) is 10.6 Å². The topological polar surface area (TPSA) is 67.6 Å². The Morgan fingerprint density at radius 2 is 2.50 bits per heavy atom. The fraction of sp³-hybridized carbons (Fsp3) is 0.667. The van der Waals surface area contributed by atoms with E-state index in [-0.39, 0.29) is 12.0 Å². The van der Waals surface area contributed by atoms with Crippen molar-refractivity contribution >= 4 is 5.91 Å². The molecule has 0 aromatic carbocycles. The molecule has 6 heteroatoms. The van der Waals surface area contributed by atoms with Crippen LogP contribution in [0.4, 0.5) is 0 Å². The van der Waals surface area contributed by atoms with Crippen molar-refractivity contribution in [3.63, 3.8) is 0 Å². The van der Waals surface area contributed by atoms with E-state index in [9.17, 15) is 4.79 Å². The normalized spacial score (nSPS) is 19.8. The maximum absolute atomic E-state index is 12.0. The number of morpholine rings is 1. The molecule has 2 rings (SSSR count). The Morgan fingerprint density at radius 3 is 3.11 bits per heavy atom. The van der Waals surface area contributed by atoms with E-state index >= 15 is 0 Å². The molecule has 1 amide bonds. The first-order chi connectivity index (χ1) is 8.65. The van der Waals surface area contributed by atoms with Crippen LogP contribution in [0.25, 0.3) is 0 Å². The van der Waals surface area contributed by atoms with Crippen LogP contribution in [-0.4, -0.2) is 48.8 Å². The Hall–Kier alpha value is -1.40. The summed E-state index contributed by atoms with van der Waals surface area (Å²) in [5.41, 5.74) is 0.769. The third-order valence-electron chi connectivity index (χ3n) is 2.91. The van der Waals surface area contributed by atoms with E-state index in [4.69, 9.17) is 9.26 Å². The van der Waals surface area contributed by atoms with Gasteiger partial charge in [0, 0.05) is 26.2 Å². The molecule has 1 atom stereocenters. The van der Waals surface area contributed by atoms with Gasteiger partial charge in [-0.15, -0.1) is 0 Å². The summed E-state index contributed by atoms with van der Waals surface area (Å²) in [4.78, 5) is 13.6. The highest BCUT2D eigenvalue weighted by molar-refractivity contribution is 5.76. The number of rotatable bonds is 4. The lowest BCUT2D eigenvalue weighted by molar-refractivity contribution is -0.134. The van der Waals surface area contributed by atoms with Crippen LogP contribution in [0, 0.1) is 6.92 Å². The van der Waals surface area contributed by atoms with Crippen LogP contribution in [-0.2, 0) is 16.1 Å². The number of hydrogen-bond donors (Lipinski definition) is 1. The lowest BCUT2D eigenvalue weighted by atomic mass is 10.2. The SMILES string of the molecule is Cc1cc(CN(C)C(=O)CC2CNCCO2)no1. The standard InChI is InChI=1S/C12H19N3O3/c1-9-5-10(14-18-9)8-15(2)12(16)6-11-7-13-3-4-17-11/h5,11,13H,3-4,6-8H2,1-2H3. The molecule has 0 aliphatic carbocycles. The van der Waals surface area contributed by atoms with E-state index in [0.29, 0.717) is 19.6 Å². The maximum atomic E-state index is 12.0. The van der Waals surface area contributed by atoms with Crippen LogP contribution in [0.3, 0.4) is 0 Å². The van der Waals surface area contributed by atoms with Gasteiger partial charge in [0.15, 0.2) is 0 Å². The molecule has 1 aliphatic rings. The molecule has 100 valence electrons. The largest absolute Gasteiger partial charge is 0.375 e. The van der Waals surface area contributed by atoms with Crippen molar-refractivity contribution < 1.29 is 14.1 Å². The zero-order valence-electron chi connectivity index (χ0n) is 10.8. The monoisotopic (exact) mass is 253 g/mol. The number of nitrogens with one attached hydrogen (secondary N) is 1. The first-order valence-corrected chi connectivity index (χ1v) is 6.13. The smallest absolute Gasteiger partial charge is 0.225 e. The molecular weight excluding hydrogens is 234 g/mol. The van der Waals surface area contributed by atoms with Crippen LogP contribution >= 0.6 is 0 Å². The van der Waals surface area contributed by atoms with Gasteiger partial charge >= 0.3 is 0 Å². The number of aryl methyl sites for hydroxylation is 1. The Morgan fingerprint density at radius 1 is 1.67 bits per heavy atom. The predicted molar refractivity (Wildman–Crippen MR) is 64.9 cm³/mol. The van der Waals surface area contributed by atoms with E-state index in [0.717, 1.165) is 24.5 Å². The van der Waals surface area contributed by atoms with Gasteiger partial charge in [0.2, 0.25) is 5.91 Å². The van der Waals surface area contributed by atoms with E-state index in [2.05, 4.69) is 10.5 Å². The molecule has 2 heterocycles. The van der Waals surface area contributed by atoms with Gasteiger partial charge in [-0.1, -0.05) is 5.16 Å². The van der Waals surface area contributed by atoms with Gasteiger partial charge in [0.05, 0.1) is 25.7 Å².